The molecule has 1 saturated carbocycles. The molecule has 0 heteroatoms. The first-order valence-electron chi connectivity index (χ1n) is 5.88. The summed E-state index contributed by atoms with van der Waals surface area (Å²) in [5, 5.41) is 0. The molecule has 0 aromatic heterocycles. The van der Waals surface area contributed by atoms with Gasteiger partial charge in [-0.25, -0.2) is 0 Å². The minimum Gasteiger partial charge on any atom is -0.0654 e. The van der Waals surface area contributed by atoms with Gasteiger partial charge in [-0.15, -0.1) is 0 Å². The second-order valence-corrected chi connectivity index (χ2v) is 4.36. The quantitative estimate of drug-likeness (QED) is 0.494. The molecule has 0 aromatic rings. The van der Waals surface area contributed by atoms with Gasteiger partial charge in [0.1, 0.15) is 0 Å². The largest absolute Gasteiger partial charge is 0.0654 e. The first-order chi connectivity index (χ1) is 5.88. The van der Waals surface area contributed by atoms with Crippen LogP contribution in [0.4, 0.5) is 0 Å². The minimum atomic E-state index is 1.09. The maximum absolute atomic E-state index is 2.36. The molecule has 72 valence electrons. The lowest BCUT2D eigenvalue weighted by atomic mass is 9.94. The van der Waals surface area contributed by atoms with Crippen LogP contribution in [0.25, 0.3) is 0 Å². The van der Waals surface area contributed by atoms with Crippen molar-refractivity contribution in [3.05, 3.63) is 0 Å². The Morgan fingerprint density at radius 2 is 1.83 bits per heavy atom. The van der Waals surface area contributed by atoms with Gasteiger partial charge < -0.3 is 0 Å². The van der Waals surface area contributed by atoms with Crippen LogP contribution in [-0.4, -0.2) is 0 Å². The molecule has 0 heterocycles. The molecule has 0 amide bonds. The van der Waals surface area contributed by atoms with E-state index in [4.69, 9.17) is 0 Å². The first kappa shape index (κ1) is 10.1. The zero-order chi connectivity index (χ0) is 8.81. The smallest absolute Gasteiger partial charge is 0.0386 e. The number of hydrogen-bond acceptors (Lipinski definition) is 0. The number of hydrogen-bond donors (Lipinski definition) is 0. The highest BCUT2D eigenvalue weighted by Crippen LogP contribution is 2.40. The molecule has 0 aliphatic heterocycles. The van der Waals surface area contributed by atoms with Crippen molar-refractivity contribution in [1.82, 2.24) is 0 Å². The first-order valence-corrected chi connectivity index (χ1v) is 5.88. The van der Waals surface area contributed by atoms with Crippen molar-refractivity contribution in [2.45, 2.75) is 65.2 Å². The van der Waals surface area contributed by atoms with Gasteiger partial charge >= 0.3 is 0 Å². The van der Waals surface area contributed by atoms with Gasteiger partial charge in [0.15, 0.2) is 0 Å². The third-order valence-corrected chi connectivity index (χ3v) is 3.24. The molecule has 1 rings (SSSR count). The fraction of sp³-hybridized carbons (Fsp3) is 1.00. The lowest BCUT2D eigenvalue weighted by Gasteiger charge is -2.12. The molecule has 1 aliphatic carbocycles. The third-order valence-electron chi connectivity index (χ3n) is 3.24. The van der Waals surface area contributed by atoms with Gasteiger partial charge in [0.2, 0.25) is 0 Å². The summed E-state index contributed by atoms with van der Waals surface area (Å²) in [6.45, 7) is 4.65. The second-order valence-electron chi connectivity index (χ2n) is 4.36. The van der Waals surface area contributed by atoms with E-state index >= 15 is 0 Å². The third kappa shape index (κ3) is 3.60. The van der Waals surface area contributed by atoms with Crippen LogP contribution in [0.15, 0.2) is 0 Å². The fourth-order valence-electron chi connectivity index (χ4n) is 2.17. The Balaban J connectivity index is 1.95. The van der Waals surface area contributed by atoms with Gasteiger partial charge in [0.05, 0.1) is 0 Å². The molecule has 0 radical (unpaired) electrons. The Morgan fingerprint density at radius 1 is 1.08 bits per heavy atom. The molecule has 1 unspecified atom stereocenters. The SMILES string of the molecule is CCCCCCC(CC)C1CC1. The Hall–Kier alpha value is 0. The van der Waals surface area contributed by atoms with E-state index in [1.807, 2.05) is 0 Å². The Kier molecular flexibility index (Phi) is 4.72. The summed E-state index contributed by atoms with van der Waals surface area (Å²) < 4.78 is 0. The molecule has 1 fully saturated rings. The van der Waals surface area contributed by atoms with Crippen LogP contribution in [-0.2, 0) is 0 Å². The average Bonchev–Trinajstić information content (AvgIpc) is 2.88. The molecule has 0 spiro atoms. The number of unbranched alkanes of at least 4 members (excludes halogenated alkanes) is 3. The molecule has 1 aliphatic rings. The fourth-order valence-corrected chi connectivity index (χ4v) is 2.17. The van der Waals surface area contributed by atoms with Gasteiger partial charge in [-0.2, -0.15) is 0 Å². The van der Waals surface area contributed by atoms with Crippen molar-refractivity contribution in [1.29, 1.82) is 0 Å². The average molecular weight is 168 g/mol. The van der Waals surface area contributed by atoms with E-state index in [0.29, 0.717) is 0 Å². The van der Waals surface area contributed by atoms with Gasteiger partial charge in [0.25, 0.3) is 0 Å². The zero-order valence-electron chi connectivity index (χ0n) is 8.81. The summed E-state index contributed by atoms with van der Waals surface area (Å²) in [5.41, 5.74) is 0. The lowest BCUT2D eigenvalue weighted by Crippen LogP contribution is -2.00. The molecule has 12 heavy (non-hydrogen) atoms. The maximum Gasteiger partial charge on any atom is -0.0386 e. The highest BCUT2D eigenvalue weighted by atomic mass is 14.3. The van der Waals surface area contributed by atoms with Gasteiger partial charge in [-0.05, 0) is 24.7 Å². The molecular formula is C12H24. The maximum atomic E-state index is 2.36. The van der Waals surface area contributed by atoms with E-state index < -0.39 is 0 Å². The molecular weight excluding hydrogens is 144 g/mol. The van der Waals surface area contributed by atoms with Gasteiger partial charge in [-0.1, -0.05) is 52.4 Å². The summed E-state index contributed by atoms with van der Waals surface area (Å²) >= 11 is 0. The van der Waals surface area contributed by atoms with Gasteiger partial charge in [0, 0.05) is 0 Å². The summed E-state index contributed by atoms with van der Waals surface area (Å²) in [4.78, 5) is 0. The highest BCUT2D eigenvalue weighted by molar-refractivity contribution is 4.80. The van der Waals surface area contributed by atoms with Gasteiger partial charge in [-0.3, -0.25) is 0 Å². The van der Waals surface area contributed by atoms with Crippen molar-refractivity contribution in [2.75, 3.05) is 0 Å². The normalized spacial score (nSPS) is 19.5. The van der Waals surface area contributed by atoms with Crippen LogP contribution in [0.2, 0.25) is 0 Å². The Morgan fingerprint density at radius 3 is 2.33 bits per heavy atom. The van der Waals surface area contributed by atoms with Crippen LogP contribution in [0.3, 0.4) is 0 Å². The zero-order valence-corrected chi connectivity index (χ0v) is 8.81. The highest BCUT2D eigenvalue weighted by Gasteiger charge is 2.28. The lowest BCUT2D eigenvalue weighted by molar-refractivity contribution is 0.394. The summed E-state index contributed by atoms with van der Waals surface area (Å²) in [5.74, 6) is 2.22. The molecule has 0 saturated heterocycles. The standard InChI is InChI=1S/C12H24/c1-3-5-6-7-8-11(4-2)12-9-10-12/h11-12H,3-10H2,1-2H3. The minimum absolute atomic E-state index is 1.09. The van der Waals surface area contributed by atoms with E-state index in [2.05, 4.69) is 13.8 Å². The summed E-state index contributed by atoms with van der Waals surface area (Å²) in [6.07, 6.45) is 11.8. The van der Waals surface area contributed by atoms with E-state index in [0.717, 1.165) is 11.8 Å². The molecule has 0 aromatic carbocycles. The molecule has 0 N–H and O–H groups in total. The Labute approximate surface area is 77.7 Å². The van der Waals surface area contributed by atoms with Crippen LogP contribution in [0.1, 0.15) is 65.2 Å². The summed E-state index contributed by atoms with van der Waals surface area (Å²) in [7, 11) is 0. The number of rotatable bonds is 7. The monoisotopic (exact) mass is 168 g/mol. The van der Waals surface area contributed by atoms with Crippen molar-refractivity contribution >= 4 is 0 Å². The van der Waals surface area contributed by atoms with Crippen LogP contribution < -0.4 is 0 Å². The van der Waals surface area contributed by atoms with Crippen LogP contribution in [0.5, 0.6) is 0 Å². The van der Waals surface area contributed by atoms with Crippen molar-refractivity contribution in [3.8, 4) is 0 Å². The summed E-state index contributed by atoms with van der Waals surface area (Å²) in [6, 6.07) is 0. The Bertz CT molecular complexity index is 103. The second kappa shape index (κ2) is 5.61. The van der Waals surface area contributed by atoms with Crippen molar-refractivity contribution < 1.29 is 0 Å². The topological polar surface area (TPSA) is 0 Å². The molecule has 0 bridgehead atoms. The predicted octanol–water partition coefficient (Wildman–Crippen LogP) is 4.39. The van der Waals surface area contributed by atoms with E-state index in [1.54, 1.807) is 0 Å². The molecule has 1 atom stereocenters. The van der Waals surface area contributed by atoms with Crippen molar-refractivity contribution in [2.24, 2.45) is 11.8 Å². The van der Waals surface area contributed by atoms with Crippen molar-refractivity contribution in [3.63, 3.8) is 0 Å². The molecule has 0 nitrogen and oxygen atoms in total. The van der Waals surface area contributed by atoms with E-state index in [9.17, 15) is 0 Å². The van der Waals surface area contributed by atoms with Crippen LogP contribution in [0, 0.1) is 11.8 Å². The predicted molar refractivity (Wildman–Crippen MR) is 55.3 cm³/mol. The van der Waals surface area contributed by atoms with E-state index in [-0.39, 0.29) is 0 Å². The van der Waals surface area contributed by atoms with Crippen LogP contribution >= 0.6 is 0 Å². The van der Waals surface area contributed by atoms with E-state index in [1.165, 1.54) is 51.4 Å².